The fraction of sp³-hybridized carbons (Fsp3) is 0.125. The van der Waals surface area contributed by atoms with Crippen molar-refractivity contribution in [1.29, 1.82) is 0 Å². The van der Waals surface area contributed by atoms with E-state index >= 15 is 0 Å². The summed E-state index contributed by atoms with van der Waals surface area (Å²) < 4.78 is 5.14. The number of carbonyl (C=O) groups is 1. The summed E-state index contributed by atoms with van der Waals surface area (Å²) in [5.74, 6) is 0.207. The van der Waals surface area contributed by atoms with Crippen LogP contribution in [0.25, 0.3) is 0 Å². The molecule has 1 N–H and O–H groups in total. The van der Waals surface area contributed by atoms with Crippen LogP contribution < -0.4 is 10.1 Å². The number of oxime groups is 1. The van der Waals surface area contributed by atoms with E-state index < -0.39 is 0 Å². The molecule has 0 fully saturated rings. The molecule has 0 atom stereocenters. The molecule has 0 saturated carbocycles. The van der Waals surface area contributed by atoms with E-state index in [0.29, 0.717) is 27.0 Å². The minimum Gasteiger partial charge on any atom is -0.495 e. The van der Waals surface area contributed by atoms with Crippen molar-refractivity contribution >= 4 is 41.0 Å². The SMILES string of the molecule is COc1ccccc1NC(=O)CO/N=C\c1cccc(Cl)c1Cl. The lowest BCUT2D eigenvalue weighted by atomic mass is 10.2. The Balaban J connectivity index is 1.87. The Morgan fingerprint density at radius 2 is 2.00 bits per heavy atom. The normalized spacial score (nSPS) is 10.6. The van der Waals surface area contributed by atoms with Crippen LogP contribution in [0.4, 0.5) is 5.69 Å². The Morgan fingerprint density at radius 1 is 1.22 bits per heavy atom. The first-order valence-electron chi connectivity index (χ1n) is 6.64. The molecule has 0 bridgehead atoms. The molecule has 0 saturated heterocycles. The number of carbonyl (C=O) groups excluding carboxylic acids is 1. The van der Waals surface area contributed by atoms with E-state index in [1.54, 1.807) is 36.4 Å². The van der Waals surface area contributed by atoms with Gasteiger partial charge in [0.25, 0.3) is 5.91 Å². The van der Waals surface area contributed by atoms with E-state index in [2.05, 4.69) is 10.5 Å². The number of amides is 1. The molecule has 0 aliphatic heterocycles. The third-order valence-corrected chi connectivity index (χ3v) is 3.66. The van der Waals surface area contributed by atoms with Crippen molar-refractivity contribution < 1.29 is 14.4 Å². The number of hydrogen-bond acceptors (Lipinski definition) is 4. The third kappa shape index (κ3) is 4.87. The van der Waals surface area contributed by atoms with Crippen LogP contribution in [0.5, 0.6) is 5.75 Å². The number of halogens is 2. The van der Waals surface area contributed by atoms with Crippen molar-refractivity contribution in [2.45, 2.75) is 0 Å². The molecule has 2 rings (SSSR count). The van der Waals surface area contributed by atoms with E-state index in [1.165, 1.54) is 13.3 Å². The van der Waals surface area contributed by atoms with Gasteiger partial charge in [-0.1, -0.05) is 52.6 Å². The minimum absolute atomic E-state index is 0.243. The lowest BCUT2D eigenvalue weighted by molar-refractivity contribution is -0.120. The molecule has 0 aliphatic carbocycles. The Bertz CT molecular complexity index is 720. The summed E-state index contributed by atoms with van der Waals surface area (Å²) >= 11 is 11.9. The molecule has 0 heterocycles. The number of nitrogens with one attached hydrogen (secondary N) is 1. The van der Waals surface area contributed by atoms with Gasteiger partial charge in [0.15, 0.2) is 6.61 Å². The molecular weight excluding hydrogens is 339 g/mol. The molecule has 0 spiro atoms. The second-order valence-electron chi connectivity index (χ2n) is 4.40. The van der Waals surface area contributed by atoms with E-state index in [0.717, 1.165) is 0 Å². The molecule has 120 valence electrons. The van der Waals surface area contributed by atoms with Gasteiger partial charge < -0.3 is 14.9 Å². The number of benzene rings is 2. The highest BCUT2D eigenvalue weighted by Gasteiger charge is 2.07. The summed E-state index contributed by atoms with van der Waals surface area (Å²) in [6.45, 7) is -0.243. The van der Waals surface area contributed by atoms with Crippen LogP contribution in [0.15, 0.2) is 47.6 Å². The standard InChI is InChI=1S/C16H14Cl2N2O3/c1-22-14-8-3-2-7-13(14)20-15(21)10-23-19-9-11-5-4-6-12(17)16(11)18/h2-9H,10H2,1H3,(H,20,21)/b19-9-. The summed E-state index contributed by atoms with van der Waals surface area (Å²) in [6, 6.07) is 12.2. The first kappa shape index (κ1) is 17.1. The molecule has 0 aromatic heterocycles. The average molecular weight is 353 g/mol. The highest BCUT2D eigenvalue weighted by molar-refractivity contribution is 6.43. The Kier molecular flexibility index (Phi) is 6.26. The lowest BCUT2D eigenvalue weighted by Crippen LogP contribution is -2.17. The largest absolute Gasteiger partial charge is 0.495 e. The molecular formula is C16H14Cl2N2O3. The quantitative estimate of drug-likeness (QED) is 0.631. The van der Waals surface area contributed by atoms with Crippen LogP contribution in [0.1, 0.15) is 5.56 Å². The van der Waals surface area contributed by atoms with Crippen LogP contribution in [0, 0.1) is 0 Å². The molecule has 2 aromatic rings. The summed E-state index contributed by atoms with van der Waals surface area (Å²) in [5.41, 5.74) is 1.16. The monoisotopic (exact) mass is 352 g/mol. The first-order chi connectivity index (χ1) is 11.1. The zero-order valence-corrected chi connectivity index (χ0v) is 13.8. The van der Waals surface area contributed by atoms with Gasteiger partial charge >= 0.3 is 0 Å². The molecule has 5 nitrogen and oxygen atoms in total. The van der Waals surface area contributed by atoms with Crippen LogP contribution in [0.2, 0.25) is 10.0 Å². The van der Waals surface area contributed by atoms with Gasteiger partial charge in [-0.25, -0.2) is 0 Å². The van der Waals surface area contributed by atoms with Gasteiger partial charge in [0.1, 0.15) is 5.75 Å². The highest BCUT2D eigenvalue weighted by atomic mass is 35.5. The van der Waals surface area contributed by atoms with Gasteiger partial charge in [0.2, 0.25) is 0 Å². The predicted molar refractivity (Wildman–Crippen MR) is 91.6 cm³/mol. The number of nitrogens with zero attached hydrogens (tertiary/aromatic N) is 1. The van der Waals surface area contributed by atoms with Crippen molar-refractivity contribution in [2.75, 3.05) is 19.0 Å². The maximum absolute atomic E-state index is 11.8. The maximum atomic E-state index is 11.8. The van der Waals surface area contributed by atoms with Gasteiger partial charge in [-0.15, -0.1) is 0 Å². The van der Waals surface area contributed by atoms with E-state index in [1.807, 2.05) is 6.07 Å². The van der Waals surface area contributed by atoms with E-state index in [4.69, 9.17) is 32.8 Å². The topological polar surface area (TPSA) is 59.9 Å². The summed E-state index contributed by atoms with van der Waals surface area (Å²) in [6.07, 6.45) is 1.39. The predicted octanol–water partition coefficient (Wildman–Crippen LogP) is 3.99. The lowest BCUT2D eigenvalue weighted by Gasteiger charge is -2.08. The molecule has 0 aliphatic rings. The zero-order chi connectivity index (χ0) is 16.7. The van der Waals surface area contributed by atoms with Crippen LogP contribution in [-0.4, -0.2) is 25.8 Å². The Morgan fingerprint density at radius 3 is 2.78 bits per heavy atom. The number of methoxy groups -OCH3 is 1. The Hall–Kier alpha value is -2.24. The molecule has 23 heavy (non-hydrogen) atoms. The van der Waals surface area contributed by atoms with Crippen molar-refractivity contribution in [3.05, 3.63) is 58.1 Å². The summed E-state index contributed by atoms with van der Waals surface area (Å²) in [5, 5.41) is 7.17. The third-order valence-electron chi connectivity index (χ3n) is 2.82. The van der Waals surface area contributed by atoms with Crippen LogP contribution >= 0.6 is 23.2 Å². The molecule has 7 heteroatoms. The summed E-state index contributed by atoms with van der Waals surface area (Å²) in [7, 11) is 1.53. The minimum atomic E-state index is -0.358. The van der Waals surface area contributed by atoms with Gasteiger partial charge in [0, 0.05) is 5.56 Å². The van der Waals surface area contributed by atoms with Gasteiger partial charge in [-0.05, 0) is 18.2 Å². The number of hydrogen-bond donors (Lipinski definition) is 1. The average Bonchev–Trinajstić information content (AvgIpc) is 2.55. The molecule has 0 unspecified atom stereocenters. The number of ether oxygens (including phenoxy) is 1. The molecule has 1 amide bonds. The van der Waals surface area contributed by atoms with Crippen molar-refractivity contribution in [3.63, 3.8) is 0 Å². The van der Waals surface area contributed by atoms with Gasteiger partial charge in [-0.2, -0.15) is 0 Å². The smallest absolute Gasteiger partial charge is 0.265 e. The van der Waals surface area contributed by atoms with E-state index in [9.17, 15) is 4.79 Å². The van der Waals surface area contributed by atoms with Crippen molar-refractivity contribution in [3.8, 4) is 5.75 Å². The second-order valence-corrected chi connectivity index (χ2v) is 5.18. The Labute approximate surface area is 143 Å². The van der Waals surface area contributed by atoms with Crippen molar-refractivity contribution in [2.24, 2.45) is 5.16 Å². The highest BCUT2D eigenvalue weighted by Crippen LogP contribution is 2.24. The molecule has 2 aromatic carbocycles. The van der Waals surface area contributed by atoms with Crippen LogP contribution in [0.3, 0.4) is 0 Å². The molecule has 0 radical (unpaired) electrons. The number of para-hydroxylation sites is 2. The fourth-order valence-corrected chi connectivity index (χ4v) is 2.10. The van der Waals surface area contributed by atoms with Gasteiger partial charge in [-0.3, -0.25) is 4.79 Å². The van der Waals surface area contributed by atoms with Crippen molar-refractivity contribution in [1.82, 2.24) is 0 Å². The second kappa shape index (κ2) is 8.41. The first-order valence-corrected chi connectivity index (χ1v) is 7.39. The number of anilines is 1. The maximum Gasteiger partial charge on any atom is 0.265 e. The van der Waals surface area contributed by atoms with Gasteiger partial charge in [0.05, 0.1) is 29.1 Å². The summed E-state index contributed by atoms with van der Waals surface area (Å²) in [4.78, 5) is 16.8. The number of rotatable bonds is 6. The zero-order valence-electron chi connectivity index (χ0n) is 12.3. The van der Waals surface area contributed by atoms with Crippen LogP contribution in [-0.2, 0) is 9.63 Å². The van der Waals surface area contributed by atoms with E-state index in [-0.39, 0.29) is 12.5 Å². The fourth-order valence-electron chi connectivity index (χ4n) is 1.74.